The highest BCUT2D eigenvalue weighted by Gasteiger charge is 2.36. The molecule has 1 fully saturated rings. The van der Waals surface area contributed by atoms with Crippen LogP contribution in [-0.2, 0) is 25.5 Å². The van der Waals surface area contributed by atoms with Crippen molar-refractivity contribution in [1.82, 2.24) is 10.6 Å². The molecule has 1 aromatic rings. The van der Waals surface area contributed by atoms with Crippen LogP contribution in [0.25, 0.3) is 0 Å². The monoisotopic (exact) mass is 320 g/mol. The van der Waals surface area contributed by atoms with Crippen LogP contribution in [0.3, 0.4) is 0 Å². The summed E-state index contributed by atoms with van der Waals surface area (Å²) in [6, 6.07) is 7.81. The highest BCUT2D eigenvalue weighted by atomic mass is 16.5. The SMILES string of the molecule is COC(=O)[C@H](Cc1ccccc1)N[C@@H]1CC(=O)N[C@@H]1CC(=O)O. The number of hydrogen-bond donors (Lipinski definition) is 3. The third-order valence-corrected chi connectivity index (χ3v) is 3.82. The summed E-state index contributed by atoms with van der Waals surface area (Å²) >= 11 is 0. The minimum Gasteiger partial charge on any atom is -0.481 e. The van der Waals surface area contributed by atoms with Crippen LogP contribution < -0.4 is 10.6 Å². The molecule has 0 radical (unpaired) electrons. The lowest BCUT2D eigenvalue weighted by Gasteiger charge is -2.24. The second-order valence-corrected chi connectivity index (χ2v) is 5.51. The van der Waals surface area contributed by atoms with E-state index >= 15 is 0 Å². The van der Waals surface area contributed by atoms with Gasteiger partial charge in [0, 0.05) is 12.5 Å². The van der Waals surface area contributed by atoms with E-state index in [-0.39, 0.29) is 18.7 Å². The number of carboxylic acids is 1. The Kier molecular flexibility index (Phi) is 5.70. The third-order valence-electron chi connectivity index (χ3n) is 3.82. The van der Waals surface area contributed by atoms with Crippen molar-refractivity contribution in [1.29, 1.82) is 0 Å². The van der Waals surface area contributed by atoms with E-state index in [0.717, 1.165) is 5.56 Å². The van der Waals surface area contributed by atoms with Gasteiger partial charge in [0.05, 0.1) is 19.6 Å². The first kappa shape index (κ1) is 17.0. The van der Waals surface area contributed by atoms with Gasteiger partial charge in [0.2, 0.25) is 5.91 Å². The summed E-state index contributed by atoms with van der Waals surface area (Å²) in [5.41, 5.74) is 0.947. The number of nitrogens with one attached hydrogen (secondary N) is 2. The molecule has 2 rings (SSSR count). The summed E-state index contributed by atoms with van der Waals surface area (Å²) in [6.07, 6.45) is 0.348. The number of carboxylic acid groups (broad SMARTS) is 1. The molecule has 0 aromatic heterocycles. The lowest BCUT2D eigenvalue weighted by Crippen LogP contribution is -2.50. The van der Waals surface area contributed by atoms with E-state index in [1.807, 2.05) is 30.3 Å². The van der Waals surface area contributed by atoms with E-state index in [1.165, 1.54) is 7.11 Å². The lowest BCUT2D eigenvalue weighted by molar-refractivity contribution is -0.143. The molecule has 3 N–H and O–H groups in total. The first-order chi connectivity index (χ1) is 11.0. The van der Waals surface area contributed by atoms with Crippen LogP contribution in [0.1, 0.15) is 18.4 Å². The van der Waals surface area contributed by atoms with Gasteiger partial charge in [0.15, 0.2) is 0 Å². The van der Waals surface area contributed by atoms with Gasteiger partial charge in [-0.2, -0.15) is 0 Å². The second kappa shape index (κ2) is 7.73. The Hall–Kier alpha value is -2.41. The molecule has 0 bridgehead atoms. The van der Waals surface area contributed by atoms with E-state index in [0.29, 0.717) is 6.42 Å². The van der Waals surface area contributed by atoms with Gasteiger partial charge in [-0.05, 0) is 12.0 Å². The molecule has 0 saturated carbocycles. The Morgan fingerprint density at radius 3 is 2.70 bits per heavy atom. The van der Waals surface area contributed by atoms with Gasteiger partial charge in [-0.3, -0.25) is 19.7 Å². The molecule has 1 aliphatic rings. The molecule has 1 amide bonds. The van der Waals surface area contributed by atoms with Gasteiger partial charge < -0.3 is 15.2 Å². The number of benzene rings is 1. The first-order valence-electron chi connectivity index (χ1n) is 7.38. The van der Waals surface area contributed by atoms with Gasteiger partial charge in [0.1, 0.15) is 6.04 Å². The number of hydrogen-bond acceptors (Lipinski definition) is 5. The van der Waals surface area contributed by atoms with E-state index in [2.05, 4.69) is 10.6 Å². The van der Waals surface area contributed by atoms with Crippen LogP contribution in [-0.4, -0.2) is 48.2 Å². The Morgan fingerprint density at radius 2 is 2.09 bits per heavy atom. The van der Waals surface area contributed by atoms with Crippen LogP contribution >= 0.6 is 0 Å². The van der Waals surface area contributed by atoms with Gasteiger partial charge >= 0.3 is 11.9 Å². The summed E-state index contributed by atoms with van der Waals surface area (Å²) in [5, 5.41) is 14.6. The number of carbonyl (C=O) groups is 3. The number of rotatable bonds is 7. The normalized spacial score (nSPS) is 21.5. The smallest absolute Gasteiger partial charge is 0.323 e. The minimum atomic E-state index is -0.998. The molecule has 1 aliphatic heterocycles. The predicted octanol–water partition coefficient (Wildman–Crippen LogP) is 0.0921. The van der Waals surface area contributed by atoms with Crippen molar-refractivity contribution in [3.63, 3.8) is 0 Å². The van der Waals surface area contributed by atoms with Gasteiger partial charge in [-0.1, -0.05) is 30.3 Å². The van der Waals surface area contributed by atoms with Crippen molar-refractivity contribution < 1.29 is 24.2 Å². The second-order valence-electron chi connectivity index (χ2n) is 5.51. The number of methoxy groups -OCH3 is 1. The summed E-state index contributed by atoms with van der Waals surface area (Å²) in [7, 11) is 1.30. The van der Waals surface area contributed by atoms with Crippen molar-refractivity contribution in [2.45, 2.75) is 37.4 Å². The van der Waals surface area contributed by atoms with Crippen molar-refractivity contribution in [2.75, 3.05) is 7.11 Å². The molecule has 23 heavy (non-hydrogen) atoms. The molecule has 1 aromatic carbocycles. The molecule has 1 saturated heterocycles. The average molecular weight is 320 g/mol. The molecule has 1 heterocycles. The molecule has 3 atom stereocenters. The molecule has 124 valence electrons. The maximum atomic E-state index is 12.0. The zero-order valence-electron chi connectivity index (χ0n) is 12.8. The average Bonchev–Trinajstić information content (AvgIpc) is 2.85. The summed E-state index contributed by atoms with van der Waals surface area (Å²) < 4.78 is 4.81. The van der Waals surface area contributed by atoms with Crippen molar-refractivity contribution in [3.05, 3.63) is 35.9 Å². The van der Waals surface area contributed by atoms with Crippen LogP contribution in [0.5, 0.6) is 0 Å². The van der Waals surface area contributed by atoms with Crippen LogP contribution in [0, 0.1) is 0 Å². The topological polar surface area (TPSA) is 105 Å². The van der Waals surface area contributed by atoms with Gasteiger partial charge in [-0.25, -0.2) is 0 Å². The van der Waals surface area contributed by atoms with Crippen LogP contribution in [0.2, 0.25) is 0 Å². The van der Waals surface area contributed by atoms with E-state index in [4.69, 9.17) is 9.84 Å². The number of esters is 1. The molecule has 0 aliphatic carbocycles. The highest BCUT2D eigenvalue weighted by Crippen LogP contribution is 2.14. The fourth-order valence-electron chi connectivity index (χ4n) is 2.73. The quantitative estimate of drug-likeness (QED) is 0.615. The van der Waals surface area contributed by atoms with Crippen LogP contribution in [0.4, 0.5) is 0 Å². The van der Waals surface area contributed by atoms with E-state index in [1.54, 1.807) is 0 Å². The van der Waals surface area contributed by atoms with Crippen molar-refractivity contribution >= 4 is 17.8 Å². The number of aliphatic carboxylic acids is 1. The predicted molar refractivity (Wildman–Crippen MR) is 81.7 cm³/mol. The van der Waals surface area contributed by atoms with Gasteiger partial charge in [-0.15, -0.1) is 0 Å². The zero-order valence-corrected chi connectivity index (χ0v) is 12.8. The van der Waals surface area contributed by atoms with Crippen molar-refractivity contribution in [2.24, 2.45) is 0 Å². The van der Waals surface area contributed by atoms with E-state index < -0.39 is 30.1 Å². The maximum absolute atomic E-state index is 12.0. The maximum Gasteiger partial charge on any atom is 0.323 e. The number of amides is 1. The molecule has 7 nitrogen and oxygen atoms in total. The van der Waals surface area contributed by atoms with Crippen LogP contribution in [0.15, 0.2) is 30.3 Å². The molecule has 7 heteroatoms. The molecule has 0 spiro atoms. The zero-order chi connectivity index (χ0) is 16.8. The Labute approximate surface area is 134 Å². The van der Waals surface area contributed by atoms with E-state index in [9.17, 15) is 14.4 Å². The first-order valence-corrected chi connectivity index (χ1v) is 7.38. The van der Waals surface area contributed by atoms with Crippen molar-refractivity contribution in [3.8, 4) is 0 Å². The molecule has 0 unspecified atom stereocenters. The Morgan fingerprint density at radius 1 is 1.39 bits per heavy atom. The van der Waals surface area contributed by atoms with Gasteiger partial charge in [0.25, 0.3) is 0 Å². The standard InChI is InChI=1S/C16H20N2O5/c1-23-16(22)13(7-10-5-3-2-4-6-10)17-11-8-14(19)18-12(11)9-15(20)21/h2-6,11-13,17H,7-9H2,1H3,(H,18,19)(H,20,21)/t11-,12-,13+/m1/s1. The largest absolute Gasteiger partial charge is 0.481 e. The third kappa shape index (κ3) is 4.79. The summed E-state index contributed by atoms with van der Waals surface area (Å²) in [5.74, 6) is -1.67. The molecular formula is C16H20N2O5. The minimum absolute atomic E-state index is 0.139. The number of ether oxygens (including phenoxy) is 1. The number of carbonyl (C=O) groups excluding carboxylic acids is 2. The summed E-state index contributed by atoms with van der Waals surface area (Å²) in [6.45, 7) is 0. The summed E-state index contributed by atoms with van der Waals surface area (Å²) in [4.78, 5) is 34.5. The fraction of sp³-hybridized carbons (Fsp3) is 0.438. The Balaban J connectivity index is 2.08. The fourth-order valence-corrected chi connectivity index (χ4v) is 2.73. The highest BCUT2D eigenvalue weighted by molar-refractivity contribution is 5.82. The Bertz CT molecular complexity index is 575. The lowest BCUT2D eigenvalue weighted by atomic mass is 10.0. The molecular weight excluding hydrogens is 300 g/mol.